The minimum Gasteiger partial charge on any atom is -0.356 e. The van der Waals surface area contributed by atoms with Gasteiger partial charge in [0.1, 0.15) is 0 Å². The van der Waals surface area contributed by atoms with Gasteiger partial charge in [-0.2, -0.15) is 0 Å². The second-order valence-corrected chi connectivity index (χ2v) is 5.55. The van der Waals surface area contributed by atoms with Crippen LogP contribution in [0.2, 0.25) is 0 Å². The van der Waals surface area contributed by atoms with Crippen molar-refractivity contribution in [2.45, 2.75) is 57.9 Å². The van der Waals surface area contributed by atoms with Gasteiger partial charge in [0.15, 0.2) is 5.96 Å². The highest BCUT2D eigenvalue weighted by molar-refractivity contribution is 5.79. The summed E-state index contributed by atoms with van der Waals surface area (Å²) >= 11 is 0. The number of hydrogen-bond donors (Lipinski definition) is 2. The predicted molar refractivity (Wildman–Crippen MR) is 83.8 cm³/mol. The van der Waals surface area contributed by atoms with E-state index in [1.54, 1.807) is 0 Å². The smallest absolute Gasteiger partial charge is 0.190 e. The van der Waals surface area contributed by atoms with Gasteiger partial charge in [0.25, 0.3) is 0 Å². The molecule has 0 bridgehead atoms. The number of aliphatic imine (C=N–C) groups is 1. The summed E-state index contributed by atoms with van der Waals surface area (Å²) in [6.07, 6.45) is 9.37. The fourth-order valence-electron chi connectivity index (χ4n) is 2.70. The van der Waals surface area contributed by atoms with Crippen molar-refractivity contribution in [2.75, 3.05) is 33.7 Å². The Morgan fingerprint density at radius 2 is 1.84 bits per heavy atom. The molecule has 112 valence electrons. The number of rotatable bonds is 7. The highest BCUT2D eigenvalue weighted by Gasteiger charge is 2.17. The van der Waals surface area contributed by atoms with Gasteiger partial charge in [-0.15, -0.1) is 0 Å². The zero-order valence-corrected chi connectivity index (χ0v) is 13.0. The van der Waals surface area contributed by atoms with Crippen LogP contribution in [0, 0.1) is 0 Å². The van der Waals surface area contributed by atoms with Gasteiger partial charge in [-0.1, -0.05) is 26.2 Å². The summed E-state index contributed by atoms with van der Waals surface area (Å²) in [6, 6.07) is 0.825. The van der Waals surface area contributed by atoms with Crippen molar-refractivity contribution in [2.24, 2.45) is 4.99 Å². The van der Waals surface area contributed by atoms with Gasteiger partial charge in [0.2, 0.25) is 0 Å². The molecule has 4 heteroatoms. The molecule has 0 radical (unpaired) electrons. The molecule has 4 nitrogen and oxygen atoms in total. The summed E-state index contributed by atoms with van der Waals surface area (Å²) in [5.41, 5.74) is 0. The van der Waals surface area contributed by atoms with Crippen molar-refractivity contribution < 1.29 is 0 Å². The van der Waals surface area contributed by atoms with E-state index < -0.39 is 0 Å². The summed E-state index contributed by atoms with van der Waals surface area (Å²) in [7, 11) is 4.11. The SMILES string of the molecule is CCCNC(=NC)NCCCN(C)C1CCCCC1. The predicted octanol–water partition coefficient (Wildman–Crippen LogP) is 2.22. The Morgan fingerprint density at radius 3 is 2.47 bits per heavy atom. The van der Waals surface area contributed by atoms with Gasteiger partial charge in [-0.05, 0) is 39.3 Å². The van der Waals surface area contributed by atoms with Crippen LogP contribution in [0.25, 0.3) is 0 Å². The van der Waals surface area contributed by atoms with Crippen LogP contribution >= 0.6 is 0 Å². The fraction of sp³-hybridized carbons (Fsp3) is 0.933. The molecule has 0 spiro atoms. The summed E-state index contributed by atoms with van der Waals surface area (Å²) in [5, 5.41) is 6.67. The van der Waals surface area contributed by atoms with Crippen molar-refractivity contribution in [3.8, 4) is 0 Å². The number of nitrogens with one attached hydrogen (secondary N) is 2. The number of guanidine groups is 1. The van der Waals surface area contributed by atoms with E-state index in [9.17, 15) is 0 Å². The van der Waals surface area contributed by atoms with Crippen LogP contribution < -0.4 is 10.6 Å². The molecule has 0 heterocycles. The molecule has 1 aliphatic rings. The highest BCUT2D eigenvalue weighted by atomic mass is 15.2. The molecular formula is C15H32N4. The molecular weight excluding hydrogens is 236 g/mol. The standard InChI is InChI=1S/C15H32N4/c1-4-11-17-15(16-2)18-12-8-13-19(3)14-9-6-5-7-10-14/h14H,4-13H2,1-3H3,(H2,16,17,18). The van der Waals surface area contributed by atoms with Gasteiger partial charge in [-0.3, -0.25) is 4.99 Å². The van der Waals surface area contributed by atoms with Crippen LogP contribution in [0.4, 0.5) is 0 Å². The third kappa shape index (κ3) is 6.81. The first kappa shape index (κ1) is 16.3. The first-order valence-corrected chi connectivity index (χ1v) is 7.92. The van der Waals surface area contributed by atoms with Crippen molar-refractivity contribution in [3.05, 3.63) is 0 Å². The van der Waals surface area contributed by atoms with Gasteiger partial charge in [-0.25, -0.2) is 0 Å². The molecule has 0 amide bonds. The molecule has 0 aromatic heterocycles. The van der Waals surface area contributed by atoms with Crippen molar-refractivity contribution >= 4 is 5.96 Å². The molecule has 1 saturated carbocycles. The highest BCUT2D eigenvalue weighted by Crippen LogP contribution is 2.21. The van der Waals surface area contributed by atoms with E-state index in [4.69, 9.17) is 0 Å². The zero-order valence-electron chi connectivity index (χ0n) is 13.0. The van der Waals surface area contributed by atoms with Gasteiger partial charge in [0, 0.05) is 26.2 Å². The van der Waals surface area contributed by atoms with Crippen LogP contribution in [0.1, 0.15) is 51.9 Å². The largest absolute Gasteiger partial charge is 0.356 e. The summed E-state index contributed by atoms with van der Waals surface area (Å²) in [6.45, 7) is 5.34. The molecule has 19 heavy (non-hydrogen) atoms. The van der Waals surface area contributed by atoms with Gasteiger partial charge >= 0.3 is 0 Å². The van der Waals surface area contributed by atoms with E-state index in [1.165, 1.54) is 45.1 Å². The van der Waals surface area contributed by atoms with E-state index in [2.05, 4.69) is 34.5 Å². The second kappa shape index (κ2) is 10.1. The van der Waals surface area contributed by atoms with E-state index >= 15 is 0 Å². The molecule has 0 atom stereocenters. The first-order valence-electron chi connectivity index (χ1n) is 7.92. The quantitative estimate of drug-likeness (QED) is 0.422. The Kier molecular flexibility index (Phi) is 8.63. The Bertz CT molecular complexity index is 247. The monoisotopic (exact) mass is 268 g/mol. The third-order valence-corrected chi connectivity index (χ3v) is 3.94. The normalized spacial score (nSPS) is 17.8. The maximum Gasteiger partial charge on any atom is 0.190 e. The first-order chi connectivity index (χ1) is 9.27. The molecule has 0 unspecified atom stereocenters. The Morgan fingerprint density at radius 1 is 1.16 bits per heavy atom. The van der Waals surface area contributed by atoms with Crippen LogP contribution in [-0.4, -0.2) is 50.6 Å². The molecule has 0 aromatic rings. The van der Waals surface area contributed by atoms with Crippen molar-refractivity contribution in [3.63, 3.8) is 0 Å². The van der Waals surface area contributed by atoms with Crippen LogP contribution in [-0.2, 0) is 0 Å². The maximum absolute atomic E-state index is 4.21. The lowest BCUT2D eigenvalue weighted by Crippen LogP contribution is -2.40. The summed E-state index contributed by atoms with van der Waals surface area (Å²) in [4.78, 5) is 6.76. The van der Waals surface area contributed by atoms with Crippen LogP contribution in [0.3, 0.4) is 0 Å². The molecule has 0 aliphatic heterocycles. The van der Waals surface area contributed by atoms with Gasteiger partial charge in [0.05, 0.1) is 0 Å². The fourth-order valence-corrected chi connectivity index (χ4v) is 2.70. The molecule has 1 rings (SSSR count). The van der Waals surface area contributed by atoms with E-state index in [0.29, 0.717) is 0 Å². The number of hydrogen-bond acceptors (Lipinski definition) is 2. The van der Waals surface area contributed by atoms with Crippen LogP contribution in [0.5, 0.6) is 0 Å². The Balaban J connectivity index is 2.08. The number of nitrogens with zero attached hydrogens (tertiary/aromatic N) is 2. The zero-order chi connectivity index (χ0) is 13.9. The van der Waals surface area contributed by atoms with E-state index in [1.807, 2.05) is 7.05 Å². The molecule has 1 aliphatic carbocycles. The average molecular weight is 268 g/mol. The summed E-state index contributed by atoms with van der Waals surface area (Å²) < 4.78 is 0. The van der Waals surface area contributed by atoms with Crippen molar-refractivity contribution in [1.29, 1.82) is 0 Å². The van der Waals surface area contributed by atoms with Crippen LogP contribution in [0.15, 0.2) is 4.99 Å². The molecule has 2 N–H and O–H groups in total. The molecule has 0 aromatic carbocycles. The third-order valence-electron chi connectivity index (χ3n) is 3.94. The second-order valence-electron chi connectivity index (χ2n) is 5.55. The maximum atomic E-state index is 4.21. The lowest BCUT2D eigenvalue weighted by atomic mass is 9.94. The van der Waals surface area contributed by atoms with E-state index in [-0.39, 0.29) is 0 Å². The van der Waals surface area contributed by atoms with Gasteiger partial charge < -0.3 is 15.5 Å². The molecule has 1 fully saturated rings. The Labute approximate surface area is 119 Å². The minimum atomic E-state index is 0.825. The summed E-state index contributed by atoms with van der Waals surface area (Å²) in [5.74, 6) is 0.933. The topological polar surface area (TPSA) is 39.7 Å². The van der Waals surface area contributed by atoms with E-state index in [0.717, 1.165) is 31.5 Å². The lowest BCUT2D eigenvalue weighted by molar-refractivity contribution is 0.190. The Hall–Kier alpha value is -0.770. The average Bonchev–Trinajstić information content (AvgIpc) is 2.47. The van der Waals surface area contributed by atoms with Crippen molar-refractivity contribution in [1.82, 2.24) is 15.5 Å². The molecule has 0 saturated heterocycles. The minimum absolute atomic E-state index is 0.825. The lowest BCUT2D eigenvalue weighted by Gasteiger charge is -2.31.